The highest BCUT2D eigenvalue weighted by Gasteiger charge is 2.49. The summed E-state index contributed by atoms with van der Waals surface area (Å²) in [5, 5.41) is 13.5. The molecule has 2 N–H and O–H groups in total. The highest BCUT2D eigenvalue weighted by atomic mass is 19.1. The number of aliphatic hydroxyl groups is 1. The number of carbonyl (C=O) groups excluding carboxylic acids is 1. The van der Waals surface area contributed by atoms with E-state index < -0.39 is 11.6 Å². The van der Waals surface area contributed by atoms with Gasteiger partial charge >= 0.3 is 0 Å². The molecule has 0 unspecified atom stereocenters. The summed E-state index contributed by atoms with van der Waals surface area (Å²) in [6, 6.07) is 6.52. The van der Waals surface area contributed by atoms with Crippen LogP contribution in [0.15, 0.2) is 24.3 Å². The highest BCUT2D eigenvalue weighted by molar-refractivity contribution is 5.77. The zero-order valence-electron chi connectivity index (χ0n) is 16.3. The van der Waals surface area contributed by atoms with Gasteiger partial charge in [-0.05, 0) is 44.4 Å². The number of ether oxygens (including phenoxy) is 1. The maximum atomic E-state index is 13.7. The SMILES string of the molecule is CCN1CCC2(CC1)C[C@@](C)(NC(=O)CCc1ccccc1F)[C@H](O)CO2. The minimum absolute atomic E-state index is 0.164. The van der Waals surface area contributed by atoms with Crippen LogP contribution in [0.25, 0.3) is 0 Å². The van der Waals surface area contributed by atoms with Crippen LogP contribution in [0.5, 0.6) is 0 Å². The second-order valence-corrected chi connectivity index (χ2v) is 8.18. The van der Waals surface area contributed by atoms with Gasteiger partial charge in [0.2, 0.25) is 5.91 Å². The molecule has 0 aliphatic carbocycles. The van der Waals surface area contributed by atoms with Gasteiger partial charge in [0, 0.05) is 25.9 Å². The van der Waals surface area contributed by atoms with Crippen molar-refractivity contribution in [2.75, 3.05) is 26.2 Å². The van der Waals surface area contributed by atoms with E-state index in [-0.39, 0.29) is 30.4 Å². The number of carbonyl (C=O) groups is 1. The molecule has 5 nitrogen and oxygen atoms in total. The fourth-order valence-corrected chi connectivity index (χ4v) is 4.33. The molecule has 1 amide bonds. The van der Waals surface area contributed by atoms with Crippen LogP contribution in [0, 0.1) is 5.82 Å². The van der Waals surface area contributed by atoms with Crippen molar-refractivity contribution in [3.63, 3.8) is 0 Å². The average molecular weight is 378 g/mol. The van der Waals surface area contributed by atoms with E-state index >= 15 is 0 Å². The quantitative estimate of drug-likeness (QED) is 0.825. The Labute approximate surface area is 160 Å². The van der Waals surface area contributed by atoms with Crippen LogP contribution in [0.1, 0.15) is 45.1 Å². The molecular formula is C21H31FN2O3. The first-order valence-corrected chi connectivity index (χ1v) is 9.95. The van der Waals surface area contributed by atoms with Crippen LogP contribution < -0.4 is 5.32 Å². The molecule has 0 aromatic heterocycles. The predicted octanol–water partition coefficient (Wildman–Crippen LogP) is 2.27. The normalized spacial score (nSPS) is 28.2. The number of aryl methyl sites for hydroxylation is 1. The van der Waals surface area contributed by atoms with Gasteiger partial charge in [-0.25, -0.2) is 4.39 Å². The Bertz CT molecular complexity index is 661. The number of hydrogen-bond acceptors (Lipinski definition) is 4. The van der Waals surface area contributed by atoms with E-state index in [1.165, 1.54) is 6.07 Å². The smallest absolute Gasteiger partial charge is 0.220 e. The first kappa shape index (κ1) is 20.2. The van der Waals surface area contributed by atoms with E-state index in [9.17, 15) is 14.3 Å². The Morgan fingerprint density at radius 2 is 2.07 bits per heavy atom. The van der Waals surface area contributed by atoms with Crippen molar-refractivity contribution in [3.05, 3.63) is 35.6 Å². The lowest BCUT2D eigenvalue weighted by atomic mass is 9.74. The molecule has 2 heterocycles. The topological polar surface area (TPSA) is 61.8 Å². The molecule has 2 saturated heterocycles. The summed E-state index contributed by atoms with van der Waals surface area (Å²) in [7, 11) is 0. The zero-order chi connectivity index (χ0) is 19.5. The van der Waals surface area contributed by atoms with Crippen molar-refractivity contribution in [1.29, 1.82) is 0 Å². The maximum Gasteiger partial charge on any atom is 0.220 e. The predicted molar refractivity (Wildman–Crippen MR) is 102 cm³/mol. The van der Waals surface area contributed by atoms with Gasteiger partial charge in [-0.2, -0.15) is 0 Å². The molecule has 2 aliphatic heterocycles. The standard InChI is InChI=1S/C21H31FN2O3/c1-3-24-12-10-21(11-13-24)15-20(2,18(25)14-27-21)23-19(26)9-8-16-6-4-5-7-17(16)22/h4-7,18,25H,3,8-15H2,1-2H3,(H,23,26)/t18-,20-/m1/s1. The summed E-state index contributed by atoms with van der Waals surface area (Å²) in [6.45, 7) is 7.27. The maximum absolute atomic E-state index is 13.7. The molecule has 2 atom stereocenters. The van der Waals surface area contributed by atoms with Crippen molar-refractivity contribution in [2.45, 2.75) is 63.2 Å². The second kappa shape index (κ2) is 8.25. The minimum atomic E-state index is -0.746. The molecule has 1 aromatic carbocycles. The van der Waals surface area contributed by atoms with Crippen molar-refractivity contribution >= 4 is 5.91 Å². The number of halogens is 1. The van der Waals surface area contributed by atoms with Gasteiger partial charge in [-0.15, -0.1) is 0 Å². The van der Waals surface area contributed by atoms with Crippen LogP contribution in [0.2, 0.25) is 0 Å². The molecule has 27 heavy (non-hydrogen) atoms. The number of benzene rings is 1. The van der Waals surface area contributed by atoms with Crippen LogP contribution in [0.4, 0.5) is 4.39 Å². The van der Waals surface area contributed by atoms with Crippen molar-refractivity contribution in [2.24, 2.45) is 0 Å². The summed E-state index contributed by atoms with van der Waals surface area (Å²) in [6.07, 6.45) is 2.22. The van der Waals surface area contributed by atoms with Crippen molar-refractivity contribution in [3.8, 4) is 0 Å². The molecule has 3 rings (SSSR count). The molecular weight excluding hydrogens is 347 g/mol. The molecule has 0 saturated carbocycles. The Kier molecular flexibility index (Phi) is 6.18. The van der Waals surface area contributed by atoms with E-state index in [1.54, 1.807) is 18.2 Å². The number of likely N-dealkylation sites (tertiary alicyclic amines) is 1. The highest BCUT2D eigenvalue weighted by Crippen LogP contribution is 2.39. The minimum Gasteiger partial charge on any atom is -0.388 e. The molecule has 6 heteroatoms. The van der Waals surface area contributed by atoms with Crippen LogP contribution in [0.3, 0.4) is 0 Å². The van der Waals surface area contributed by atoms with Crippen LogP contribution in [-0.4, -0.2) is 59.4 Å². The van der Waals surface area contributed by atoms with Gasteiger partial charge in [0.15, 0.2) is 0 Å². The van der Waals surface area contributed by atoms with E-state index in [0.29, 0.717) is 18.4 Å². The van der Waals surface area contributed by atoms with Crippen LogP contribution >= 0.6 is 0 Å². The van der Waals surface area contributed by atoms with Gasteiger partial charge in [-0.3, -0.25) is 4.79 Å². The molecule has 1 aromatic rings. The fraction of sp³-hybridized carbons (Fsp3) is 0.667. The summed E-state index contributed by atoms with van der Waals surface area (Å²) in [4.78, 5) is 14.9. The molecule has 0 radical (unpaired) electrons. The fourth-order valence-electron chi connectivity index (χ4n) is 4.33. The summed E-state index contributed by atoms with van der Waals surface area (Å²) in [5.74, 6) is -0.452. The third-order valence-corrected chi connectivity index (χ3v) is 6.19. The summed E-state index contributed by atoms with van der Waals surface area (Å²) in [5.41, 5.74) is -0.467. The number of nitrogens with one attached hydrogen (secondary N) is 1. The number of nitrogens with zero attached hydrogens (tertiary/aromatic N) is 1. The van der Waals surface area contributed by atoms with Crippen LogP contribution in [-0.2, 0) is 16.0 Å². The number of hydrogen-bond donors (Lipinski definition) is 2. The molecule has 2 aliphatic rings. The van der Waals surface area contributed by atoms with Gasteiger partial charge in [0.05, 0.1) is 17.7 Å². The molecule has 0 bridgehead atoms. The summed E-state index contributed by atoms with van der Waals surface area (Å²) < 4.78 is 19.8. The van der Waals surface area contributed by atoms with Gasteiger partial charge < -0.3 is 20.1 Å². The number of amides is 1. The lowest BCUT2D eigenvalue weighted by Gasteiger charge is -2.52. The van der Waals surface area contributed by atoms with E-state index in [2.05, 4.69) is 17.1 Å². The van der Waals surface area contributed by atoms with E-state index in [0.717, 1.165) is 32.5 Å². The Morgan fingerprint density at radius 1 is 1.37 bits per heavy atom. The third-order valence-electron chi connectivity index (χ3n) is 6.19. The number of aliphatic hydroxyl groups excluding tert-OH is 1. The lowest BCUT2D eigenvalue weighted by molar-refractivity contribution is -0.181. The molecule has 150 valence electrons. The second-order valence-electron chi connectivity index (χ2n) is 8.18. The first-order chi connectivity index (χ1) is 12.9. The Balaban J connectivity index is 1.60. The van der Waals surface area contributed by atoms with Crippen molar-refractivity contribution in [1.82, 2.24) is 10.2 Å². The average Bonchev–Trinajstić information content (AvgIpc) is 2.65. The Hall–Kier alpha value is -1.50. The Morgan fingerprint density at radius 3 is 2.74 bits per heavy atom. The summed E-state index contributed by atoms with van der Waals surface area (Å²) >= 11 is 0. The van der Waals surface area contributed by atoms with Gasteiger partial charge in [-0.1, -0.05) is 25.1 Å². The molecule has 2 fully saturated rings. The lowest BCUT2D eigenvalue weighted by Crippen LogP contribution is -2.65. The first-order valence-electron chi connectivity index (χ1n) is 9.95. The number of rotatable bonds is 5. The number of piperidine rings is 1. The third kappa shape index (κ3) is 4.68. The molecule has 1 spiro atoms. The van der Waals surface area contributed by atoms with Crippen molar-refractivity contribution < 1.29 is 19.0 Å². The monoisotopic (exact) mass is 378 g/mol. The van der Waals surface area contributed by atoms with E-state index in [4.69, 9.17) is 4.74 Å². The largest absolute Gasteiger partial charge is 0.388 e. The van der Waals surface area contributed by atoms with Gasteiger partial charge in [0.25, 0.3) is 0 Å². The van der Waals surface area contributed by atoms with Gasteiger partial charge in [0.1, 0.15) is 11.9 Å². The van der Waals surface area contributed by atoms with E-state index in [1.807, 2.05) is 6.92 Å². The zero-order valence-corrected chi connectivity index (χ0v) is 16.3.